The monoisotopic (exact) mass is 257 g/mol. The minimum atomic E-state index is 0.705. The minimum Gasteiger partial charge on any atom is -0.306 e. The molecule has 0 aliphatic heterocycles. The molecule has 18 heavy (non-hydrogen) atoms. The van der Waals surface area contributed by atoms with Crippen LogP contribution in [0.5, 0.6) is 0 Å². The maximum atomic E-state index is 8.82. The molecule has 1 aromatic heterocycles. The molecule has 92 valence electrons. The van der Waals surface area contributed by atoms with Gasteiger partial charge in [0.15, 0.2) is 0 Å². The van der Waals surface area contributed by atoms with Crippen molar-refractivity contribution in [2.45, 2.75) is 26.4 Å². The number of thiazole rings is 1. The van der Waals surface area contributed by atoms with Gasteiger partial charge in [-0.15, -0.1) is 11.3 Å². The first kappa shape index (κ1) is 12.7. The summed E-state index contributed by atoms with van der Waals surface area (Å²) in [5.41, 5.74) is 1.83. The first-order valence-corrected chi connectivity index (χ1v) is 6.77. The second kappa shape index (κ2) is 6.29. The zero-order valence-corrected chi connectivity index (χ0v) is 11.1. The third kappa shape index (κ3) is 3.39. The lowest BCUT2D eigenvalue weighted by Gasteiger charge is -2.03. The molecule has 1 N–H and O–H groups in total. The van der Waals surface area contributed by atoms with Gasteiger partial charge in [-0.1, -0.05) is 19.1 Å². The van der Waals surface area contributed by atoms with E-state index in [0.717, 1.165) is 30.1 Å². The molecule has 1 aromatic carbocycles. The van der Waals surface area contributed by atoms with Crippen LogP contribution in [-0.4, -0.2) is 4.98 Å². The number of benzene rings is 1. The number of aryl methyl sites for hydroxylation is 1. The highest BCUT2D eigenvalue weighted by Crippen LogP contribution is 2.13. The van der Waals surface area contributed by atoms with Gasteiger partial charge in [-0.25, -0.2) is 4.98 Å². The molecule has 0 amide bonds. The van der Waals surface area contributed by atoms with Crippen LogP contribution in [-0.2, 0) is 19.5 Å². The number of hydrogen-bond acceptors (Lipinski definition) is 4. The van der Waals surface area contributed by atoms with Crippen LogP contribution in [0.15, 0.2) is 30.5 Å². The lowest BCUT2D eigenvalue weighted by atomic mass is 10.1. The summed E-state index contributed by atoms with van der Waals surface area (Å²) in [5.74, 6) is 0. The van der Waals surface area contributed by atoms with Gasteiger partial charge in [0.25, 0.3) is 0 Å². The molecular weight excluding hydrogens is 242 g/mol. The molecule has 0 radical (unpaired) electrons. The third-order valence-corrected chi connectivity index (χ3v) is 3.75. The topological polar surface area (TPSA) is 48.7 Å². The van der Waals surface area contributed by atoms with E-state index in [4.69, 9.17) is 5.26 Å². The predicted octanol–water partition coefficient (Wildman–Crippen LogP) is 2.87. The average Bonchev–Trinajstić information content (AvgIpc) is 2.87. The Morgan fingerprint density at radius 1 is 1.39 bits per heavy atom. The molecule has 2 aromatic rings. The molecule has 0 bridgehead atoms. The van der Waals surface area contributed by atoms with Gasteiger partial charge < -0.3 is 5.32 Å². The van der Waals surface area contributed by atoms with Crippen molar-refractivity contribution in [1.82, 2.24) is 10.3 Å². The fourth-order valence-corrected chi connectivity index (χ4v) is 2.49. The van der Waals surface area contributed by atoms with Crippen molar-refractivity contribution in [2.75, 3.05) is 0 Å². The first-order valence-electron chi connectivity index (χ1n) is 5.95. The number of nitrogens with one attached hydrogen (secondary N) is 1. The van der Waals surface area contributed by atoms with Crippen LogP contribution < -0.4 is 5.32 Å². The third-order valence-electron chi connectivity index (χ3n) is 2.61. The molecule has 0 saturated carbocycles. The van der Waals surface area contributed by atoms with Crippen LogP contribution in [0.3, 0.4) is 0 Å². The second-order valence-corrected chi connectivity index (χ2v) is 5.19. The Morgan fingerprint density at radius 2 is 2.28 bits per heavy atom. The van der Waals surface area contributed by atoms with Crippen LogP contribution in [0.25, 0.3) is 0 Å². The zero-order chi connectivity index (χ0) is 12.8. The number of nitrogens with zero attached hydrogens (tertiary/aromatic N) is 2. The molecule has 0 aliphatic rings. The van der Waals surface area contributed by atoms with Crippen molar-refractivity contribution < 1.29 is 0 Å². The van der Waals surface area contributed by atoms with E-state index in [1.54, 1.807) is 11.3 Å². The smallest absolute Gasteiger partial charge is 0.107 e. The van der Waals surface area contributed by atoms with Gasteiger partial charge in [0, 0.05) is 24.2 Å². The van der Waals surface area contributed by atoms with Gasteiger partial charge in [-0.2, -0.15) is 5.26 Å². The van der Waals surface area contributed by atoms with E-state index in [2.05, 4.69) is 23.3 Å². The highest BCUT2D eigenvalue weighted by atomic mass is 32.1. The predicted molar refractivity (Wildman–Crippen MR) is 73.2 cm³/mol. The fourth-order valence-electron chi connectivity index (χ4n) is 1.66. The van der Waals surface area contributed by atoms with Crippen LogP contribution in [0.2, 0.25) is 0 Å². The molecule has 4 heteroatoms. The Hall–Kier alpha value is -1.70. The standard InChI is InChI=1S/C14H15N3S/c1-2-13-9-17-14(18-13)10-16-8-12-5-3-4-11(6-12)7-15/h3-6,9,16H,2,8,10H2,1H3. The van der Waals surface area contributed by atoms with Gasteiger partial charge in [0.1, 0.15) is 5.01 Å². The van der Waals surface area contributed by atoms with Crippen LogP contribution in [0.4, 0.5) is 0 Å². The van der Waals surface area contributed by atoms with Crippen molar-refractivity contribution in [3.8, 4) is 6.07 Å². The molecule has 0 atom stereocenters. The van der Waals surface area contributed by atoms with Crippen molar-refractivity contribution in [3.05, 3.63) is 51.5 Å². The van der Waals surface area contributed by atoms with E-state index in [1.807, 2.05) is 30.5 Å². The van der Waals surface area contributed by atoms with E-state index < -0.39 is 0 Å². The number of aromatic nitrogens is 1. The van der Waals surface area contributed by atoms with Crippen molar-refractivity contribution in [2.24, 2.45) is 0 Å². The largest absolute Gasteiger partial charge is 0.306 e. The Balaban J connectivity index is 1.86. The van der Waals surface area contributed by atoms with Crippen molar-refractivity contribution >= 4 is 11.3 Å². The summed E-state index contributed by atoms with van der Waals surface area (Å²) in [4.78, 5) is 5.67. The Morgan fingerprint density at radius 3 is 3.00 bits per heavy atom. The average molecular weight is 257 g/mol. The molecule has 2 rings (SSSR count). The van der Waals surface area contributed by atoms with Crippen molar-refractivity contribution in [3.63, 3.8) is 0 Å². The SMILES string of the molecule is CCc1cnc(CNCc2cccc(C#N)c2)s1. The minimum absolute atomic E-state index is 0.705. The molecule has 0 spiro atoms. The van der Waals surface area contributed by atoms with Crippen LogP contribution in [0.1, 0.15) is 27.9 Å². The summed E-state index contributed by atoms with van der Waals surface area (Å²) in [6.45, 7) is 3.68. The molecular formula is C14H15N3S. The van der Waals surface area contributed by atoms with Crippen LogP contribution >= 0.6 is 11.3 Å². The summed E-state index contributed by atoms with van der Waals surface area (Å²) >= 11 is 1.75. The Labute approximate surface area is 111 Å². The second-order valence-electron chi connectivity index (χ2n) is 3.99. The van der Waals surface area contributed by atoms with Gasteiger partial charge >= 0.3 is 0 Å². The summed E-state index contributed by atoms with van der Waals surface area (Å²) in [7, 11) is 0. The van der Waals surface area contributed by atoms with Crippen molar-refractivity contribution in [1.29, 1.82) is 5.26 Å². The Bertz CT molecular complexity index is 554. The number of hydrogen-bond donors (Lipinski definition) is 1. The van der Waals surface area contributed by atoms with Crippen LogP contribution in [0, 0.1) is 11.3 Å². The van der Waals surface area contributed by atoms with E-state index >= 15 is 0 Å². The lowest BCUT2D eigenvalue weighted by molar-refractivity contribution is 0.690. The normalized spacial score (nSPS) is 10.2. The van der Waals surface area contributed by atoms with E-state index in [0.29, 0.717) is 5.56 Å². The summed E-state index contributed by atoms with van der Waals surface area (Å²) in [5, 5.41) is 13.3. The molecule has 3 nitrogen and oxygen atoms in total. The maximum Gasteiger partial charge on any atom is 0.107 e. The van der Waals surface area contributed by atoms with E-state index in [1.165, 1.54) is 4.88 Å². The Kier molecular flexibility index (Phi) is 4.46. The van der Waals surface area contributed by atoms with Gasteiger partial charge in [-0.3, -0.25) is 0 Å². The number of nitriles is 1. The molecule has 0 saturated heterocycles. The molecule has 1 heterocycles. The quantitative estimate of drug-likeness (QED) is 0.896. The fraction of sp³-hybridized carbons (Fsp3) is 0.286. The zero-order valence-electron chi connectivity index (χ0n) is 10.3. The first-order chi connectivity index (χ1) is 8.81. The molecule has 0 fully saturated rings. The summed E-state index contributed by atoms with van der Waals surface area (Å²) < 4.78 is 0. The van der Waals surface area contributed by atoms with E-state index in [9.17, 15) is 0 Å². The van der Waals surface area contributed by atoms with Gasteiger partial charge in [-0.05, 0) is 24.1 Å². The maximum absolute atomic E-state index is 8.82. The van der Waals surface area contributed by atoms with E-state index in [-0.39, 0.29) is 0 Å². The summed E-state index contributed by atoms with van der Waals surface area (Å²) in [6.07, 6.45) is 2.99. The van der Waals surface area contributed by atoms with Gasteiger partial charge in [0.05, 0.1) is 11.6 Å². The number of rotatable bonds is 5. The van der Waals surface area contributed by atoms with Gasteiger partial charge in [0.2, 0.25) is 0 Å². The highest BCUT2D eigenvalue weighted by Gasteiger charge is 2.00. The highest BCUT2D eigenvalue weighted by molar-refractivity contribution is 7.11. The summed E-state index contributed by atoms with van der Waals surface area (Å²) in [6, 6.07) is 9.81. The molecule has 0 aliphatic carbocycles. The lowest BCUT2D eigenvalue weighted by Crippen LogP contribution is -2.12. The molecule has 0 unspecified atom stereocenters.